The fraction of sp³-hybridized carbons (Fsp3) is 0.333. The van der Waals surface area contributed by atoms with Crippen molar-refractivity contribution >= 4 is 17.1 Å². The van der Waals surface area contributed by atoms with E-state index in [2.05, 4.69) is 140 Å². The van der Waals surface area contributed by atoms with Crippen LogP contribution in [0, 0.1) is 25.5 Å². The van der Waals surface area contributed by atoms with E-state index >= 15 is 0 Å². The molecular formula is C42H48N4OPt. The van der Waals surface area contributed by atoms with Gasteiger partial charge in [0.05, 0.1) is 0 Å². The van der Waals surface area contributed by atoms with Crippen molar-refractivity contribution in [2.24, 2.45) is 0 Å². The van der Waals surface area contributed by atoms with E-state index < -0.39 is 0 Å². The first kappa shape index (κ1) is 35.8. The molecule has 0 fully saturated rings. The minimum Gasteiger partial charge on any atom is -0.510 e. The molecule has 48 heavy (non-hydrogen) atoms. The summed E-state index contributed by atoms with van der Waals surface area (Å²) in [7, 11) is 4.15. The van der Waals surface area contributed by atoms with E-state index in [0.29, 0.717) is 29.3 Å². The summed E-state index contributed by atoms with van der Waals surface area (Å²) in [5.74, 6) is 2.43. The molecule has 0 radical (unpaired) electrons. The molecule has 0 amide bonds. The van der Waals surface area contributed by atoms with Crippen molar-refractivity contribution < 1.29 is 25.8 Å². The van der Waals surface area contributed by atoms with Crippen molar-refractivity contribution in [1.29, 1.82) is 0 Å². The van der Waals surface area contributed by atoms with E-state index in [1.54, 1.807) is 0 Å². The number of hydrogen-bond acceptors (Lipinski definition) is 5. The van der Waals surface area contributed by atoms with Gasteiger partial charge in [-0.3, -0.25) is 0 Å². The second kappa shape index (κ2) is 14.1. The van der Waals surface area contributed by atoms with Gasteiger partial charge >= 0.3 is 21.1 Å². The summed E-state index contributed by atoms with van der Waals surface area (Å²) in [6.45, 7) is 22.5. The van der Waals surface area contributed by atoms with Gasteiger partial charge in [0.2, 0.25) is 0 Å². The van der Waals surface area contributed by atoms with Gasteiger partial charge < -0.3 is 24.3 Å². The quantitative estimate of drug-likeness (QED) is 0.165. The molecule has 0 atom stereocenters. The second-order valence-electron chi connectivity index (χ2n) is 14.3. The molecular weight excluding hydrogens is 772 g/mol. The molecule has 0 aliphatic carbocycles. The van der Waals surface area contributed by atoms with E-state index in [-0.39, 0.29) is 26.6 Å². The predicted molar refractivity (Wildman–Crippen MR) is 196 cm³/mol. The van der Waals surface area contributed by atoms with Gasteiger partial charge in [0, 0.05) is 22.7 Å². The summed E-state index contributed by atoms with van der Waals surface area (Å²) in [6, 6.07) is 31.1. The Morgan fingerprint density at radius 1 is 0.708 bits per heavy atom. The first-order chi connectivity index (χ1) is 22.3. The van der Waals surface area contributed by atoms with Crippen molar-refractivity contribution in [2.75, 3.05) is 23.9 Å². The zero-order valence-electron chi connectivity index (χ0n) is 29.9. The number of ether oxygens (including phenoxy) is 1. The molecule has 2 heterocycles. The average molecular weight is 820 g/mol. The van der Waals surface area contributed by atoms with Crippen LogP contribution in [0.25, 0.3) is 11.1 Å². The first-order valence-electron chi connectivity index (χ1n) is 16.8. The van der Waals surface area contributed by atoms with Crippen LogP contribution in [0.1, 0.15) is 95.4 Å². The summed E-state index contributed by atoms with van der Waals surface area (Å²) in [5.41, 5.74) is 10.6. The maximum Gasteiger partial charge on any atom is 4.00 e. The van der Waals surface area contributed by atoms with Crippen molar-refractivity contribution in [1.82, 2.24) is 9.80 Å². The SMILES string of the molecule is CC(C)c1cc(C(C)C)c(-c2cc(Oc3[c-]c(N4C=CN(C)[CH-]4)ccc3)[c-]c(N3[CH-]N(C)C(C)(C)c4ccccc43)c2)c(C(C)C)c1.[Pt+4]. The molecule has 252 valence electrons. The molecule has 0 spiro atoms. The van der Waals surface area contributed by atoms with Gasteiger partial charge in [-0.15, -0.1) is 53.3 Å². The predicted octanol–water partition coefficient (Wildman–Crippen LogP) is 10.9. The number of rotatable bonds is 8. The van der Waals surface area contributed by atoms with E-state index in [9.17, 15) is 0 Å². The van der Waals surface area contributed by atoms with Crippen molar-refractivity contribution in [3.63, 3.8) is 0 Å². The van der Waals surface area contributed by atoms with Crippen LogP contribution in [0.4, 0.5) is 17.1 Å². The number of anilines is 3. The van der Waals surface area contributed by atoms with Gasteiger partial charge in [-0.1, -0.05) is 71.9 Å². The number of para-hydroxylation sites is 1. The van der Waals surface area contributed by atoms with Gasteiger partial charge in [0.15, 0.2) is 0 Å². The van der Waals surface area contributed by atoms with Crippen LogP contribution in [0.15, 0.2) is 79.1 Å². The fourth-order valence-electron chi connectivity index (χ4n) is 6.47. The first-order valence-corrected chi connectivity index (χ1v) is 16.8. The number of fused-ring (bicyclic) bond motifs is 1. The second-order valence-corrected chi connectivity index (χ2v) is 14.3. The van der Waals surface area contributed by atoms with Crippen LogP contribution in [0.2, 0.25) is 0 Å². The Kier molecular flexibility index (Phi) is 10.5. The summed E-state index contributed by atoms with van der Waals surface area (Å²) in [4.78, 5) is 8.58. The zero-order valence-corrected chi connectivity index (χ0v) is 32.2. The Bertz CT molecular complexity index is 1760. The maximum atomic E-state index is 6.67. The average Bonchev–Trinajstić information content (AvgIpc) is 3.48. The van der Waals surface area contributed by atoms with Crippen LogP contribution in [0.3, 0.4) is 0 Å². The van der Waals surface area contributed by atoms with E-state index in [0.717, 1.165) is 22.6 Å². The monoisotopic (exact) mass is 819 g/mol. The third-order valence-corrected chi connectivity index (χ3v) is 9.52. The summed E-state index contributed by atoms with van der Waals surface area (Å²) >= 11 is 0. The Balaban J connectivity index is 0.00000451. The molecule has 5 nitrogen and oxygen atoms in total. The molecule has 2 aliphatic rings. The number of benzene rings is 4. The maximum absolute atomic E-state index is 6.67. The van der Waals surface area contributed by atoms with Crippen molar-refractivity contribution in [2.45, 2.75) is 78.7 Å². The minimum absolute atomic E-state index is 0. The van der Waals surface area contributed by atoms with E-state index in [1.165, 1.54) is 27.8 Å². The molecule has 4 aromatic rings. The van der Waals surface area contributed by atoms with Gasteiger partial charge in [0.1, 0.15) is 0 Å². The molecule has 0 N–H and O–H groups in total. The third kappa shape index (κ3) is 6.96. The molecule has 0 aromatic heterocycles. The standard InChI is InChI=1S/C42H48N4O.Pt/c1-28(2)31-22-37(29(3)4)41(38(23-31)30(5)6)32-20-34(46-27-44(10)42(7,8)39-16-11-12-17-40(39)46)25-36(21-32)47-35-15-13-14-33(24-35)45-19-18-43(9)26-45;/h11-23,26-30H,1-10H3;/q-4;+4. The molecule has 0 bridgehead atoms. The summed E-state index contributed by atoms with van der Waals surface area (Å²) < 4.78 is 6.67. The Labute approximate surface area is 303 Å². The van der Waals surface area contributed by atoms with Gasteiger partial charge in [-0.25, -0.2) is 0 Å². The largest absolute Gasteiger partial charge is 4.00 e. The molecule has 6 rings (SSSR count). The summed E-state index contributed by atoms with van der Waals surface area (Å²) in [5, 5.41) is 0. The molecule has 0 saturated heterocycles. The van der Waals surface area contributed by atoms with Crippen LogP contribution >= 0.6 is 0 Å². The van der Waals surface area contributed by atoms with Crippen LogP contribution in [-0.4, -0.2) is 23.9 Å². The topological polar surface area (TPSA) is 22.2 Å². The van der Waals surface area contributed by atoms with E-state index in [1.807, 2.05) is 54.1 Å². The van der Waals surface area contributed by atoms with Crippen molar-refractivity contribution in [3.8, 4) is 22.6 Å². The fourth-order valence-corrected chi connectivity index (χ4v) is 6.47. The Morgan fingerprint density at radius 2 is 1.38 bits per heavy atom. The normalized spacial score (nSPS) is 15.8. The van der Waals surface area contributed by atoms with Crippen molar-refractivity contribution in [3.05, 3.63) is 127 Å². The molecule has 0 unspecified atom stereocenters. The smallest absolute Gasteiger partial charge is 0.510 e. The number of hydrogen-bond donors (Lipinski definition) is 0. The Hall–Kier alpha value is -3.53. The minimum atomic E-state index is -0.156. The van der Waals surface area contributed by atoms with Gasteiger partial charge in [-0.05, 0) is 92.0 Å². The molecule has 0 saturated carbocycles. The third-order valence-electron chi connectivity index (χ3n) is 9.52. The van der Waals surface area contributed by atoms with Crippen LogP contribution in [0.5, 0.6) is 11.5 Å². The van der Waals surface area contributed by atoms with Crippen LogP contribution in [-0.2, 0) is 26.6 Å². The van der Waals surface area contributed by atoms with Gasteiger partial charge in [-0.2, -0.15) is 19.4 Å². The van der Waals surface area contributed by atoms with E-state index in [4.69, 9.17) is 4.74 Å². The van der Waals surface area contributed by atoms with Crippen LogP contribution < -0.4 is 14.5 Å². The number of nitrogens with zero attached hydrogens (tertiary/aromatic N) is 4. The summed E-state index contributed by atoms with van der Waals surface area (Å²) in [6.07, 6.45) is 4.03. The van der Waals surface area contributed by atoms with Gasteiger partial charge in [0.25, 0.3) is 0 Å². The molecule has 4 aromatic carbocycles. The molecule has 2 aliphatic heterocycles. The zero-order chi connectivity index (χ0) is 33.6. The Morgan fingerprint density at radius 3 is 2.00 bits per heavy atom. The molecule has 6 heteroatoms.